The third-order valence-electron chi connectivity index (χ3n) is 2.66. The summed E-state index contributed by atoms with van der Waals surface area (Å²) >= 11 is 5.16. The maximum absolute atomic E-state index is 7.36. The number of thiophene rings is 1. The molecule has 0 spiro atoms. The number of benzene rings is 1. The van der Waals surface area contributed by atoms with Gasteiger partial charge in [0, 0.05) is 24.8 Å². The van der Waals surface area contributed by atoms with Crippen LogP contribution in [0.15, 0.2) is 39.5 Å². The minimum absolute atomic E-state index is 0.103. The molecule has 94 valence electrons. The van der Waals surface area contributed by atoms with Crippen molar-refractivity contribution in [1.82, 2.24) is 0 Å². The zero-order valence-electron chi connectivity index (χ0n) is 9.98. The molecule has 0 bridgehead atoms. The first-order valence-electron chi connectivity index (χ1n) is 5.45. The largest absolute Gasteiger partial charge is 0.384 e. The van der Waals surface area contributed by atoms with Gasteiger partial charge in [-0.15, -0.1) is 11.3 Å². The highest BCUT2D eigenvalue weighted by Crippen LogP contribution is 2.23. The molecule has 0 aliphatic heterocycles. The molecule has 1 aromatic heterocycles. The summed E-state index contributed by atoms with van der Waals surface area (Å²) in [5.41, 5.74) is 8.58. The minimum Gasteiger partial charge on any atom is -0.384 e. The van der Waals surface area contributed by atoms with Crippen molar-refractivity contribution in [1.29, 1.82) is 5.41 Å². The monoisotopic (exact) mass is 323 g/mol. The first-order chi connectivity index (χ1) is 8.56. The maximum atomic E-state index is 7.36. The van der Waals surface area contributed by atoms with E-state index in [9.17, 15) is 0 Å². The summed E-state index contributed by atoms with van der Waals surface area (Å²) in [4.78, 5) is 2.17. The van der Waals surface area contributed by atoms with Crippen molar-refractivity contribution < 1.29 is 0 Å². The van der Waals surface area contributed by atoms with Crippen molar-refractivity contribution in [2.45, 2.75) is 6.54 Å². The van der Waals surface area contributed by atoms with E-state index in [-0.39, 0.29) is 5.84 Å². The lowest BCUT2D eigenvalue weighted by atomic mass is 10.2. The Morgan fingerprint density at radius 1 is 1.39 bits per heavy atom. The first-order valence-corrected chi connectivity index (χ1v) is 7.12. The number of rotatable bonds is 4. The molecule has 1 heterocycles. The Labute approximate surface area is 119 Å². The van der Waals surface area contributed by atoms with Crippen LogP contribution in [0.1, 0.15) is 11.1 Å². The molecule has 0 radical (unpaired) electrons. The van der Waals surface area contributed by atoms with E-state index in [1.54, 1.807) is 11.3 Å². The zero-order valence-corrected chi connectivity index (χ0v) is 12.4. The van der Waals surface area contributed by atoms with Gasteiger partial charge in [-0.2, -0.15) is 0 Å². The number of halogens is 1. The first kappa shape index (κ1) is 13.1. The molecule has 0 fully saturated rings. The van der Waals surface area contributed by atoms with E-state index >= 15 is 0 Å². The fourth-order valence-corrected chi connectivity index (χ4v) is 2.89. The van der Waals surface area contributed by atoms with Crippen LogP contribution in [0.25, 0.3) is 0 Å². The maximum Gasteiger partial charge on any atom is 0.122 e. The van der Waals surface area contributed by atoms with Crippen molar-refractivity contribution in [3.8, 4) is 0 Å². The highest BCUT2D eigenvalue weighted by atomic mass is 79.9. The molecule has 0 aliphatic rings. The number of nitrogen functional groups attached to an aromatic ring is 1. The SMILES string of the molecule is CN(Cc1csc(Br)c1)c1ccc(C(=N)N)cc1. The molecule has 5 heteroatoms. The van der Waals surface area contributed by atoms with Crippen molar-refractivity contribution in [3.63, 3.8) is 0 Å². The number of nitrogens with two attached hydrogens (primary N) is 1. The fourth-order valence-electron chi connectivity index (χ4n) is 1.69. The topological polar surface area (TPSA) is 53.1 Å². The van der Waals surface area contributed by atoms with E-state index in [0.717, 1.165) is 21.6 Å². The van der Waals surface area contributed by atoms with Gasteiger partial charge in [-0.1, -0.05) is 0 Å². The molecule has 0 amide bonds. The van der Waals surface area contributed by atoms with Gasteiger partial charge in [-0.25, -0.2) is 0 Å². The fraction of sp³-hybridized carbons (Fsp3) is 0.154. The van der Waals surface area contributed by atoms with Crippen molar-refractivity contribution >= 4 is 38.8 Å². The molecule has 0 aliphatic carbocycles. The van der Waals surface area contributed by atoms with Gasteiger partial charge in [-0.3, -0.25) is 5.41 Å². The van der Waals surface area contributed by atoms with Crippen LogP contribution < -0.4 is 10.6 Å². The molecule has 2 aromatic rings. The molecule has 2 rings (SSSR count). The lowest BCUT2D eigenvalue weighted by Crippen LogP contribution is -2.16. The van der Waals surface area contributed by atoms with Crippen LogP contribution in [0, 0.1) is 5.41 Å². The van der Waals surface area contributed by atoms with Crippen LogP contribution in [0.4, 0.5) is 5.69 Å². The third kappa shape index (κ3) is 3.11. The summed E-state index contributed by atoms with van der Waals surface area (Å²) in [6, 6.07) is 9.84. The van der Waals surface area contributed by atoms with E-state index < -0.39 is 0 Å². The second kappa shape index (κ2) is 5.54. The summed E-state index contributed by atoms with van der Waals surface area (Å²) in [5, 5.41) is 9.50. The zero-order chi connectivity index (χ0) is 13.1. The molecule has 0 saturated heterocycles. The molecule has 18 heavy (non-hydrogen) atoms. The summed E-state index contributed by atoms with van der Waals surface area (Å²) < 4.78 is 1.15. The summed E-state index contributed by atoms with van der Waals surface area (Å²) in [6.07, 6.45) is 0. The number of nitrogens with zero attached hydrogens (tertiary/aromatic N) is 1. The highest BCUT2D eigenvalue weighted by molar-refractivity contribution is 9.11. The molecule has 3 nitrogen and oxygen atoms in total. The molecular formula is C13H14BrN3S. The Kier molecular flexibility index (Phi) is 4.04. The summed E-state index contributed by atoms with van der Waals surface area (Å²) in [7, 11) is 2.05. The van der Waals surface area contributed by atoms with E-state index in [0.29, 0.717) is 0 Å². The average molecular weight is 324 g/mol. The van der Waals surface area contributed by atoms with E-state index in [1.807, 2.05) is 31.3 Å². The van der Waals surface area contributed by atoms with E-state index in [4.69, 9.17) is 11.1 Å². The molecule has 3 N–H and O–H groups in total. The Morgan fingerprint density at radius 3 is 2.56 bits per heavy atom. The minimum atomic E-state index is 0.103. The number of hydrogen-bond acceptors (Lipinski definition) is 3. The molecule has 1 aromatic carbocycles. The van der Waals surface area contributed by atoms with E-state index in [2.05, 4.69) is 32.3 Å². The predicted octanol–water partition coefficient (Wildman–Crippen LogP) is 3.43. The average Bonchev–Trinajstić information content (AvgIpc) is 2.75. The van der Waals surface area contributed by atoms with Crippen LogP contribution in [-0.2, 0) is 6.54 Å². The lowest BCUT2D eigenvalue weighted by Gasteiger charge is -2.18. The summed E-state index contributed by atoms with van der Waals surface area (Å²) in [6.45, 7) is 0.863. The van der Waals surface area contributed by atoms with Crippen LogP contribution in [-0.4, -0.2) is 12.9 Å². The van der Waals surface area contributed by atoms with Gasteiger partial charge in [0.25, 0.3) is 0 Å². The van der Waals surface area contributed by atoms with Crippen molar-refractivity contribution in [3.05, 3.63) is 50.6 Å². The van der Waals surface area contributed by atoms with Crippen LogP contribution >= 0.6 is 27.3 Å². The number of nitrogens with one attached hydrogen (secondary N) is 1. The van der Waals surface area contributed by atoms with Gasteiger partial charge < -0.3 is 10.6 Å². The van der Waals surface area contributed by atoms with Gasteiger partial charge in [0.15, 0.2) is 0 Å². The van der Waals surface area contributed by atoms with Gasteiger partial charge in [0.2, 0.25) is 0 Å². The van der Waals surface area contributed by atoms with Gasteiger partial charge in [-0.05, 0) is 57.2 Å². The van der Waals surface area contributed by atoms with Gasteiger partial charge in [0.1, 0.15) is 5.84 Å². The Morgan fingerprint density at radius 2 is 2.06 bits per heavy atom. The standard InChI is InChI=1S/C13H14BrN3S/c1-17(7-9-6-12(14)18-8-9)11-4-2-10(3-5-11)13(15)16/h2-6,8H,7H2,1H3,(H3,15,16). The van der Waals surface area contributed by atoms with Gasteiger partial charge in [0.05, 0.1) is 3.79 Å². The van der Waals surface area contributed by atoms with Crippen molar-refractivity contribution in [2.24, 2.45) is 5.73 Å². The summed E-state index contributed by atoms with van der Waals surface area (Å²) in [5.74, 6) is 0.103. The number of hydrogen-bond donors (Lipinski definition) is 2. The van der Waals surface area contributed by atoms with Crippen LogP contribution in [0.2, 0.25) is 0 Å². The second-order valence-electron chi connectivity index (χ2n) is 4.08. The normalized spacial score (nSPS) is 10.3. The number of anilines is 1. The second-order valence-corrected chi connectivity index (χ2v) is 6.37. The van der Waals surface area contributed by atoms with Crippen molar-refractivity contribution in [2.75, 3.05) is 11.9 Å². The predicted molar refractivity (Wildman–Crippen MR) is 81.6 cm³/mol. The third-order valence-corrected chi connectivity index (χ3v) is 4.21. The Hall–Kier alpha value is -1.33. The Balaban J connectivity index is 2.09. The smallest absolute Gasteiger partial charge is 0.122 e. The Bertz CT molecular complexity index is 548. The molecule has 0 saturated carbocycles. The van der Waals surface area contributed by atoms with E-state index in [1.165, 1.54) is 5.56 Å². The number of amidine groups is 1. The van der Waals surface area contributed by atoms with Crippen LogP contribution in [0.3, 0.4) is 0 Å². The quantitative estimate of drug-likeness (QED) is 0.669. The molecule has 0 atom stereocenters. The van der Waals surface area contributed by atoms with Crippen LogP contribution in [0.5, 0.6) is 0 Å². The molecular weight excluding hydrogens is 310 g/mol. The highest BCUT2D eigenvalue weighted by Gasteiger charge is 2.04. The van der Waals surface area contributed by atoms with Gasteiger partial charge >= 0.3 is 0 Å². The molecule has 0 unspecified atom stereocenters. The lowest BCUT2D eigenvalue weighted by molar-refractivity contribution is 0.927.